The Hall–Kier alpha value is -2.48. The maximum Gasteiger partial charge on any atom is 0.154 e. The summed E-state index contributed by atoms with van der Waals surface area (Å²) in [5, 5.41) is 13.1. The number of pyridine rings is 1. The Morgan fingerprint density at radius 3 is 2.52 bits per heavy atom. The van der Waals surface area contributed by atoms with Crippen LogP contribution in [0.2, 0.25) is 0 Å². The van der Waals surface area contributed by atoms with Gasteiger partial charge in [-0.15, -0.1) is 0 Å². The molecule has 5 heteroatoms. The SMILES string of the molecule is CC(C)(C)CC(C#N)(Nc1ccncn1)c1cccnc1. The molecule has 0 aromatic carbocycles. The Kier molecular flexibility index (Phi) is 4.18. The monoisotopic (exact) mass is 281 g/mol. The predicted molar refractivity (Wildman–Crippen MR) is 81.3 cm³/mol. The minimum Gasteiger partial charge on any atom is -0.348 e. The molecule has 2 aromatic heterocycles. The second kappa shape index (κ2) is 5.88. The van der Waals surface area contributed by atoms with Crippen LogP contribution in [0.25, 0.3) is 0 Å². The molecule has 21 heavy (non-hydrogen) atoms. The smallest absolute Gasteiger partial charge is 0.154 e. The Balaban J connectivity index is 2.45. The molecule has 0 saturated heterocycles. The summed E-state index contributed by atoms with van der Waals surface area (Å²) in [6.45, 7) is 6.32. The van der Waals surface area contributed by atoms with Gasteiger partial charge in [-0.25, -0.2) is 9.97 Å². The number of nitriles is 1. The number of nitrogens with zero attached hydrogens (tertiary/aromatic N) is 4. The van der Waals surface area contributed by atoms with Gasteiger partial charge in [0, 0.05) is 24.2 Å². The highest BCUT2D eigenvalue weighted by molar-refractivity contribution is 5.45. The quantitative estimate of drug-likeness (QED) is 0.931. The molecule has 2 heterocycles. The van der Waals surface area contributed by atoms with Crippen LogP contribution in [0.15, 0.2) is 43.1 Å². The standard InChI is InChI=1S/C16H19N5/c1-15(2,3)10-16(11-17,13-5-4-7-18-9-13)21-14-6-8-19-12-20-14/h4-9,12H,10H2,1-3H3,(H,19,20,21). The fourth-order valence-electron chi connectivity index (χ4n) is 2.34. The average Bonchev–Trinajstić information content (AvgIpc) is 2.47. The van der Waals surface area contributed by atoms with Crippen LogP contribution in [0.4, 0.5) is 5.82 Å². The maximum absolute atomic E-state index is 9.87. The van der Waals surface area contributed by atoms with Gasteiger partial charge in [0.05, 0.1) is 6.07 Å². The topological polar surface area (TPSA) is 74.5 Å². The molecule has 0 radical (unpaired) electrons. The average molecular weight is 281 g/mol. The van der Waals surface area contributed by atoms with E-state index in [4.69, 9.17) is 0 Å². The zero-order valence-electron chi connectivity index (χ0n) is 12.5. The molecular formula is C16H19N5. The molecule has 0 amide bonds. The number of hydrogen-bond donors (Lipinski definition) is 1. The van der Waals surface area contributed by atoms with E-state index < -0.39 is 5.54 Å². The third-order valence-electron chi connectivity index (χ3n) is 3.06. The van der Waals surface area contributed by atoms with Crippen LogP contribution >= 0.6 is 0 Å². The summed E-state index contributed by atoms with van der Waals surface area (Å²) >= 11 is 0. The van der Waals surface area contributed by atoms with Crippen molar-refractivity contribution in [3.8, 4) is 6.07 Å². The van der Waals surface area contributed by atoms with Gasteiger partial charge in [0.25, 0.3) is 0 Å². The van der Waals surface area contributed by atoms with E-state index >= 15 is 0 Å². The van der Waals surface area contributed by atoms with E-state index in [0.29, 0.717) is 12.2 Å². The van der Waals surface area contributed by atoms with Crippen LogP contribution in [0.5, 0.6) is 0 Å². The van der Waals surface area contributed by atoms with Gasteiger partial charge in [0.1, 0.15) is 12.1 Å². The highest BCUT2D eigenvalue weighted by atomic mass is 15.1. The van der Waals surface area contributed by atoms with Crippen molar-refractivity contribution in [2.45, 2.75) is 32.7 Å². The lowest BCUT2D eigenvalue weighted by molar-refractivity contribution is 0.315. The molecule has 0 aliphatic rings. The van der Waals surface area contributed by atoms with E-state index in [2.05, 4.69) is 47.1 Å². The molecule has 1 N–H and O–H groups in total. The Morgan fingerprint density at radius 1 is 1.19 bits per heavy atom. The van der Waals surface area contributed by atoms with Crippen LogP contribution in [-0.4, -0.2) is 15.0 Å². The lowest BCUT2D eigenvalue weighted by Crippen LogP contribution is -2.38. The molecule has 0 aliphatic carbocycles. The third kappa shape index (κ3) is 3.76. The van der Waals surface area contributed by atoms with Crippen molar-refractivity contribution in [2.75, 3.05) is 5.32 Å². The van der Waals surface area contributed by atoms with E-state index in [1.165, 1.54) is 6.33 Å². The number of rotatable bonds is 4. The Labute approximate surface area is 125 Å². The summed E-state index contributed by atoms with van der Waals surface area (Å²) in [6, 6.07) is 7.93. The Bertz CT molecular complexity index is 613. The van der Waals surface area contributed by atoms with Crippen LogP contribution in [-0.2, 0) is 5.54 Å². The summed E-state index contributed by atoms with van der Waals surface area (Å²) < 4.78 is 0. The van der Waals surface area contributed by atoms with Gasteiger partial charge in [-0.05, 0) is 24.0 Å². The number of hydrogen-bond acceptors (Lipinski definition) is 5. The van der Waals surface area contributed by atoms with Gasteiger partial charge >= 0.3 is 0 Å². The minimum absolute atomic E-state index is 0.0361. The molecule has 1 atom stereocenters. The van der Waals surface area contributed by atoms with Crippen LogP contribution in [0, 0.1) is 16.7 Å². The van der Waals surface area contributed by atoms with E-state index in [0.717, 1.165) is 5.56 Å². The fraction of sp³-hybridized carbons (Fsp3) is 0.375. The summed E-state index contributed by atoms with van der Waals surface area (Å²) in [5.74, 6) is 0.625. The maximum atomic E-state index is 9.87. The molecule has 0 bridgehead atoms. The predicted octanol–water partition coefficient (Wildman–Crippen LogP) is 3.14. The second-order valence-corrected chi connectivity index (χ2v) is 6.22. The fourth-order valence-corrected chi connectivity index (χ4v) is 2.34. The van der Waals surface area contributed by atoms with Crippen molar-refractivity contribution in [1.82, 2.24) is 15.0 Å². The number of nitrogens with one attached hydrogen (secondary N) is 1. The molecule has 2 rings (SSSR count). The molecular weight excluding hydrogens is 262 g/mol. The molecule has 108 valence electrons. The first kappa shape index (κ1) is 14.9. The zero-order valence-corrected chi connectivity index (χ0v) is 12.5. The number of aromatic nitrogens is 3. The van der Waals surface area contributed by atoms with Gasteiger partial charge in [-0.2, -0.15) is 5.26 Å². The Morgan fingerprint density at radius 2 is 2.00 bits per heavy atom. The van der Waals surface area contributed by atoms with E-state index in [1.807, 2.05) is 12.1 Å². The highest BCUT2D eigenvalue weighted by Gasteiger charge is 2.37. The summed E-state index contributed by atoms with van der Waals surface area (Å²) in [5.41, 5.74) is -0.0760. The summed E-state index contributed by atoms with van der Waals surface area (Å²) in [7, 11) is 0. The van der Waals surface area contributed by atoms with Crippen molar-refractivity contribution in [3.05, 3.63) is 48.7 Å². The molecule has 1 unspecified atom stereocenters. The molecule has 0 saturated carbocycles. The van der Waals surface area contributed by atoms with Gasteiger partial charge < -0.3 is 5.32 Å². The first-order valence-electron chi connectivity index (χ1n) is 6.81. The first-order valence-corrected chi connectivity index (χ1v) is 6.81. The lowest BCUT2D eigenvalue weighted by atomic mass is 9.77. The molecule has 0 fully saturated rings. The largest absolute Gasteiger partial charge is 0.348 e. The van der Waals surface area contributed by atoms with Gasteiger partial charge in [-0.1, -0.05) is 26.8 Å². The second-order valence-electron chi connectivity index (χ2n) is 6.22. The normalized spacial score (nSPS) is 14.0. The van der Waals surface area contributed by atoms with Crippen molar-refractivity contribution in [2.24, 2.45) is 5.41 Å². The van der Waals surface area contributed by atoms with Gasteiger partial charge in [0.15, 0.2) is 5.54 Å². The first-order chi connectivity index (χ1) is 9.95. The van der Waals surface area contributed by atoms with Crippen LogP contribution in [0.1, 0.15) is 32.8 Å². The zero-order chi connectivity index (χ0) is 15.3. The van der Waals surface area contributed by atoms with Gasteiger partial charge in [-0.3, -0.25) is 4.98 Å². The van der Waals surface area contributed by atoms with Crippen molar-refractivity contribution < 1.29 is 0 Å². The van der Waals surface area contributed by atoms with Crippen LogP contribution in [0.3, 0.4) is 0 Å². The molecule has 5 nitrogen and oxygen atoms in total. The summed E-state index contributed by atoms with van der Waals surface area (Å²) in [4.78, 5) is 12.2. The summed E-state index contributed by atoms with van der Waals surface area (Å²) in [6.07, 6.45) is 7.17. The van der Waals surface area contributed by atoms with Crippen molar-refractivity contribution >= 4 is 5.82 Å². The molecule has 0 aliphatic heterocycles. The third-order valence-corrected chi connectivity index (χ3v) is 3.06. The molecule has 2 aromatic rings. The number of anilines is 1. The minimum atomic E-state index is -0.874. The highest BCUT2D eigenvalue weighted by Crippen LogP contribution is 2.36. The van der Waals surface area contributed by atoms with E-state index in [1.54, 1.807) is 24.7 Å². The van der Waals surface area contributed by atoms with Gasteiger partial charge in [0.2, 0.25) is 0 Å². The van der Waals surface area contributed by atoms with Crippen LogP contribution < -0.4 is 5.32 Å². The molecule has 0 spiro atoms. The van der Waals surface area contributed by atoms with Crippen molar-refractivity contribution in [3.63, 3.8) is 0 Å². The van der Waals surface area contributed by atoms with E-state index in [-0.39, 0.29) is 5.41 Å². The van der Waals surface area contributed by atoms with Crippen molar-refractivity contribution in [1.29, 1.82) is 5.26 Å². The lowest BCUT2D eigenvalue weighted by Gasteiger charge is -2.34. The van der Waals surface area contributed by atoms with E-state index in [9.17, 15) is 5.26 Å².